The van der Waals surface area contributed by atoms with E-state index in [-0.39, 0.29) is 18.7 Å². The van der Waals surface area contributed by atoms with E-state index < -0.39 is 28.5 Å². The first-order chi connectivity index (χ1) is 8.30. The lowest BCUT2D eigenvalue weighted by atomic mass is 10.1. The van der Waals surface area contributed by atoms with E-state index in [0.717, 1.165) is 17.0 Å². The fraction of sp³-hybridized carbons (Fsp3) is 0.273. The highest BCUT2D eigenvalue weighted by atomic mass is 35.5. The zero-order valence-corrected chi connectivity index (χ0v) is 9.68. The summed E-state index contributed by atoms with van der Waals surface area (Å²) in [6.07, 6.45) is -5.05. The lowest BCUT2D eigenvalue weighted by Crippen LogP contribution is -2.27. The van der Waals surface area contributed by atoms with Gasteiger partial charge in [0.1, 0.15) is 0 Å². The lowest BCUT2D eigenvalue weighted by molar-refractivity contribution is -0.137. The number of anilines is 1. The molecule has 0 aliphatic carbocycles. The summed E-state index contributed by atoms with van der Waals surface area (Å²) in [5, 5.41) is -0.493. The highest BCUT2D eigenvalue weighted by molar-refractivity contribution is 6.32. The fourth-order valence-corrected chi connectivity index (χ4v) is 2.10. The van der Waals surface area contributed by atoms with Gasteiger partial charge in [0.2, 0.25) is 5.91 Å². The minimum atomic E-state index is -4.68. The van der Waals surface area contributed by atoms with Crippen LogP contribution in [-0.2, 0) is 15.8 Å². The number of rotatable bonds is 1. The Kier molecular flexibility index (Phi) is 3.06. The van der Waals surface area contributed by atoms with Crippen molar-refractivity contribution in [1.29, 1.82) is 0 Å². The molecular weight excluding hydrogens is 271 g/mol. The summed E-state index contributed by atoms with van der Waals surface area (Å²) >= 11 is 5.53. The smallest absolute Gasteiger partial charge is 0.304 e. The maximum Gasteiger partial charge on any atom is 0.419 e. The van der Waals surface area contributed by atoms with Crippen LogP contribution in [0.4, 0.5) is 18.9 Å². The molecule has 1 aliphatic heterocycles. The Hall–Kier alpha value is -1.56. The van der Waals surface area contributed by atoms with Crippen molar-refractivity contribution in [3.63, 3.8) is 0 Å². The van der Waals surface area contributed by atoms with Gasteiger partial charge in [0.25, 0.3) is 0 Å². The quantitative estimate of drug-likeness (QED) is 0.740. The number of hydrogen-bond acceptors (Lipinski definition) is 2. The van der Waals surface area contributed by atoms with E-state index in [1.54, 1.807) is 0 Å². The van der Waals surface area contributed by atoms with E-state index in [9.17, 15) is 22.8 Å². The number of hydrogen-bond donors (Lipinski definition) is 0. The topological polar surface area (TPSA) is 37.4 Å². The van der Waals surface area contributed by atoms with Crippen molar-refractivity contribution in [3.05, 3.63) is 28.8 Å². The number of alkyl halides is 3. The number of nitrogens with zero attached hydrogens (tertiary/aromatic N) is 1. The number of halogens is 4. The van der Waals surface area contributed by atoms with Gasteiger partial charge in [-0.15, -0.1) is 0 Å². The first-order valence-corrected chi connectivity index (χ1v) is 5.36. The van der Waals surface area contributed by atoms with Gasteiger partial charge < -0.3 is 4.90 Å². The number of carbonyl (C=O) groups excluding carboxylic acids is 2. The normalized spacial score (nSPS) is 16.6. The third kappa shape index (κ3) is 2.20. The second-order valence-corrected chi connectivity index (χ2v) is 4.23. The highest BCUT2D eigenvalue weighted by Gasteiger charge is 2.40. The van der Waals surface area contributed by atoms with Crippen molar-refractivity contribution in [2.24, 2.45) is 0 Å². The third-order valence-electron chi connectivity index (χ3n) is 2.55. The molecule has 1 aliphatic rings. The second kappa shape index (κ2) is 4.28. The number of benzene rings is 1. The summed E-state index contributed by atoms with van der Waals surface area (Å²) < 4.78 is 38.6. The molecule has 0 unspecified atom stereocenters. The Bertz CT molecular complexity index is 528. The van der Waals surface area contributed by atoms with Gasteiger partial charge in [0.15, 0.2) is 5.78 Å². The van der Waals surface area contributed by atoms with Gasteiger partial charge in [-0.2, -0.15) is 13.2 Å². The predicted molar refractivity (Wildman–Crippen MR) is 58.4 cm³/mol. The summed E-state index contributed by atoms with van der Waals surface area (Å²) in [5.41, 5.74) is -1.46. The lowest BCUT2D eigenvalue weighted by Gasteiger charge is -2.21. The molecule has 1 fully saturated rings. The monoisotopic (exact) mass is 277 g/mol. The Morgan fingerprint density at radius 2 is 1.89 bits per heavy atom. The minimum Gasteiger partial charge on any atom is -0.304 e. The van der Waals surface area contributed by atoms with Crippen LogP contribution in [0.5, 0.6) is 0 Å². The van der Waals surface area contributed by atoms with E-state index in [4.69, 9.17) is 11.6 Å². The Morgan fingerprint density at radius 1 is 1.22 bits per heavy atom. The number of carbonyl (C=O) groups is 2. The molecule has 0 aromatic heterocycles. The van der Waals surface area contributed by atoms with Crippen LogP contribution in [0.2, 0.25) is 5.02 Å². The average molecular weight is 278 g/mol. The molecule has 1 heterocycles. The molecule has 1 saturated heterocycles. The average Bonchev–Trinajstić information content (AvgIpc) is 2.55. The van der Waals surface area contributed by atoms with Crippen LogP contribution in [-0.4, -0.2) is 18.2 Å². The molecule has 0 N–H and O–H groups in total. The standard InChI is InChI=1S/C11H7ClF3NO2/c12-7-2-1-3-8(10(7)11(13,14)15)16-5-6(17)4-9(16)18/h1-3H,4-5H2. The summed E-state index contributed by atoms with van der Waals surface area (Å²) in [5.74, 6) is -1.05. The van der Waals surface area contributed by atoms with Crippen molar-refractivity contribution in [2.75, 3.05) is 11.4 Å². The first kappa shape index (κ1) is 12.9. The summed E-state index contributed by atoms with van der Waals surface area (Å²) in [7, 11) is 0. The van der Waals surface area contributed by atoms with Crippen LogP contribution >= 0.6 is 11.6 Å². The predicted octanol–water partition coefficient (Wildman–Crippen LogP) is 2.66. The van der Waals surface area contributed by atoms with Gasteiger partial charge in [-0.05, 0) is 12.1 Å². The number of ketones is 1. The van der Waals surface area contributed by atoms with Gasteiger partial charge in [0, 0.05) is 0 Å². The van der Waals surface area contributed by atoms with Crippen molar-refractivity contribution >= 4 is 29.0 Å². The van der Waals surface area contributed by atoms with Crippen molar-refractivity contribution in [1.82, 2.24) is 0 Å². The molecule has 1 amide bonds. The number of amides is 1. The van der Waals surface area contributed by atoms with Crippen LogP contribution in [0.25, 0.3) is 0 Å². The maximum absolute atomic E-state index is 12.9. The van der Waals surface area contributed by atoms with Gasteiger partial charge in [-0.1, -0.05) is 17.7 Å². The summed E-state index contributed by atoms with van der Waals surface area (Å²) in [6, 6.07) is 3.53. The van der Waals surface area contributed by atoms with Crippen LogP contribution in [0.15, 0.2) is 18.2 Å². The first-order valence-electron chi connectivity index (χ1n) is 4.98. The Morgan fingerprint density at radius 3 is 2.39 bits per heavy atom. The molecule has 0 atom stereocenters. The van der Waals surface area contributed by atoms with Crippen molar-refractivity contribution in [2.45, 2.75) is 12.6 Å². The maximum atomic E-state index is 12.9. The van der Waals surface area contributed by atoms with Gasteiger partial charge in [0.05, 0.1) is 29.2 Å². The molecule has 0 radical (unpaired) electrons. The minimum absolute atomic E-state index is 0.345. The molecule has 3 nitrogen and oxygen atoms in total. The molecule has 96 valence electrons. The molecule has 2 rings (SSSR count). The largest absolute Gasteiger partial charge is 0.419 e. The van der Waals surface area contributed by atoms with Crippen LogP contribution < -0.4 is 4.90 Å². The molecule has 0 saturated carbocycles. The number of Topliss-reactive ketones (excluding diaryl/α,β-unsaturated/α-hetero) is 1. The second-order valence-electron chi connectivity index (χ2n) is 3.83. The van der Waals surface area contributed by atoms with E-state index >= 15 is 0 Å². The van der Waals surface area contributed by atoms with Crippen molar-refractivity contribution < 1.29 is 22.8 Å². The Labute approximate surface area is 105 Å². The van der Waals surface area contributed by atoms with Crippen molar-refractivity contribution in [3.8, 4) is 0 Å². The molecule has 1 aromatic carbocycles. The van der Waals surface area contributed by atoms with E-state index in [0.29, 0.717) is 0 Å². The highest BCUT2D eigenvalue weighted by Crippen LogP contribution is 2.41. The molecular formula is C11H7ClF3NO2. The zero-order chi connectivity index (χ0) is 13.5. The summed E-state index contributed by atoms with van der Waals surface area (Å²) in [6.45, 7) is -0.345. The van der Waals surface area contributed by atoms with Crippen LogP contribution in [0.1, 0.15) is 12.0 Å². The summed E-state index contributed by atoms with van der Waals surface area (Å²) in [4.78, 5) is 23.4. The van der Waals surface area contributed by atoms with E-state index in [1.807, 2.05) is 0 Å². The van der Waals surface area contributed by atoms with Gasteiger partial charge in [-0.25, -0.2) is 0 Å². The molecule has 7 heteroatoms. The Balaban J connectivity index is 2.55. The molecule has 0 spiro atoms. The van der Waals surface area contributed by atoms with Gasteiger partial charge >= 0.3 is 6.18 Å². The van der Waals surface area contributed by atoms with E-state index in [2.05, 4.69) is 0 Å². The SMILES string of the molecule is O=C1CC(=O)N(c2cccc(Cl)c2C(F)(F)F)C1. The molecule has 0 bridgehead atoms. The zero-order valence-electron chi connectivity index (χ0n) is 8.92. The molecule has 18 heavy (non-hydrogen) atoms. The van der Waals surface area contributed by atoms with Crippen LogP contribution in [0, 0.1) is 0 Å². The third-order valence-corrected chi connectivity index (χ3v) is 2.86. The van der Waals surface area contributed by atoms with E-state index in [1.165, 1.54) is 6.07 Å². The van der Waals surface area contributed by atoms with Gasteiger partial charge in [-0.3, -0.25) is 9.59 Å². The van der Waals surface area contributed by atoms with Crippen LogP contribution in [0.3, 0.4) is 0 Å². The molecule has 1 aromatic rings. The fourth-order valence-electron chi connectivity index (χ4n) is 1.82.